The van der Waals surface area contributed by atoms with Crippen LogP contribution in [0.5, 0.6) is 0 Å². The maximum absolute atomic E-state index is 6.04. The zero-order valence-corrected chi connectivity index (χ0v) is 10.7. The Labute approximate surface area is 101 Å². The maximum atomic E-state index is 6.04. The van der Waals surface area contributed by atoms with Crippen molar-refractivity contribution >= 4 is 23.4 Å². The molecule has 15 heavy (non-hydrogen) atoms. The second-order valence-electron chi connectivity index (χ2n) is 3.78. The lowest BCUT2D eigenvalue weighted by Crippen LogP contribution is -2.26. The van der Waals surface area contributed by atoms with Gasteiger partial charge in [-0.15, -0.1) is 11.8 Å². The number of hydrogen-bond acceptors (Lipinski definition) is 2. The van der Waals surface area contributed by atoms with Gasteiger partial charge in [0.05, 0.1) is 0 Å². The van der Waals surface area contributed by atoms with Crippen molar-refractivity contribution in [3.8, 4) is 0 Å². The van der Waals surface area contributed by atoms with E-state index in [2.05, 4.69) is 31.3 Å². The molecule has 1 aromatic carbocycles. The Morgan fingerprint density at radius 2 is 2.20 bits per heavy atom. The topological polar surface area (TPSA) is 12.0 Å². The summed E-state index contributed by atoms with van der Waals surface area (Å²) in [4.78, 5) is 1.39. The molecule has 1 aromatic rings. The lowest BCUT2D eigenvalue weighted by atomic mass is 10.0. The van der Waals surface area contributed by atoms with Crippen LogP contribution in [-0.2, 0) is 0 Å². The van der Waals surface area contributed by atoms with Crippen LogP contribution in [0.3, 0.4) is 0 Å². The molecule has 0 aromatic heterocycles. The average molecular weight is 242 g/mol. The van der Waals surface area contributed by atoms with Crippen LogP contribution in [0.1, 0.15) is 31.9 Å². The highest BCUT2D eigenvalue weighted by Crippen LogP contribution is 2.46. The number of halogens is 1. The molecule has 1 N–H and O–H groups in total. The highest BCUT2D eigenvalue weighted by Gasteiger charge is 2.31. The number of benzene rings is 1. The predicted molar refractivity (Wildman–Crippen MR) is 67.8 cm³/mol. The lowest BCUT2D eigenvalue weighted by Gasteiger charge is -2.18. The maximum Gasteiger partial charge on any atom is 0.0455 e. The lowest BCUT2D eigenvalue weighted by molar-refractivity contribution is 0.527. The Morgan fingerprint density at radius 1 is 1.40 bits per heavy atom. The molecule has 0 amide bonds. The largest absolute Gasteiger partial charge is 0.309 e. The van der Waals surface area contributed by atoms with Gasteiger partial charge in [0.25, 0.3) is 0 Å². The standard InChI is InChI=1S/C12H16ClNS/c1-3-10-12(14-4-2)9-7-8(13)5-6-11(9)15-10/h5-7,10,12,14H,3-4H2,1-2H3. The molecule has 1 aliphatic rings. The Hall–Kier alpha value is -0.180. The van der Waals surface area contributed by atoms with E-state index in [4.69, 9.17) is 11.6 Å². The van der Waals surface area contributed by atoms with Crippen molar-refractivity contribution in [3.05, 3.63) is 28.8 Å². The molecular weight excluding hydrogens is 226 g/mol. The van der Waals surface area contributed by atoms with Gasteiger partial charge in [0.2, 0.25) is 0 Å². The van der Waals surface area contributed by atoms with E-state index in [1.54, 1.807) is 0 Å². The van der Waals surface area contributed by atoms with E-state index in [1.807, 2.05) is 17.8 Å². The van der Waals surface area contributed by atoms with Gasteiger partial charge in [-0.25, -0.2) is 0 Å². The predicted octanol–water partition coefficient (Wildman–Crippen LogP) is 3.87. The summed E-state index contributed by atoms with van der Waals surface area (Å²) in [6, 6.07) is 6.70. The van der Waals surface area contributed by atoms with Gasteiger partial charge in [-0.1, -0.05) is 25.4 Å². The first kappa shape index (κ1) is 11.3. The molecule has 0 bridgehead atoms. The molecule has 0 spiro atoms. The van der Waals surface area contributed by atoms with Gasteiger partial charge in [-0.05, 0) is 36.7 Å². The van der Waals surface area contributed by atoms with Gasteiger partial charge in [-0.3, -0.25) is 0 Å². The summed E-state index contributed by atoms with van der Waals surface area (Å²) in [6.07, 6.45) is 1.19. The minimum absolute atomic E-state index is 0.471. The quantitative estimate of drug-likeness (QED) is 0.862. The average Bonchev–Trinajstić information content (AvgIpc) is 2.57. The number of rotatable bonds is 3. The van der Waals surface area contributed by atoms with E-state index >= 15 is 0 Å². The molecule has 0 fully saturated rings. The molecule has 0 radical (unpaired) electrons. The van der Waals surface area contributed by atoms with Crippen LogP contribution >= 0.6 is 23.4 Å². The van der Waals surface area contributed by atoms with Gasteiger partial charge < -0.3 is 5.32 Å². The fourth-order valence-electron chi connectivity index (χ4n) is 2.08. The summed E-state index contributed by atoms with van der Waals surface area (Å²) in [6.45, 7) is 5.41. The van der Waals surface area contributed by atoms with Gasteiger partial charge >= 0.3 is 0 Å². The van der Waals surface area contributed by atoms with Gasteiger partial charge in [0.1, 0.15) is 0 Å². The molecule has 1 aliphatic heterocycles. The molecule has 3 heteroatoms. The summed E-state index contributed by atoms with van der Waals surface area (Å²) >= 11 is 8.01. The molecule has 82 valence electrons. The molecule has 0 saturated heterocycles. The fraction of sp³-hybridized carbons (Fsp3) is 0.500. The summed E-state index contributed by atoms with van der Waals surface area (Å²) in [5, 5.41) is 5.04. The van der Waals surface area contributed by atoms with Gasteiger partial charge in [-0.2, -0.15) is 0 Å². The Balaban J connectivity index is 2.32. The Bertz CT molecular complexity index is 353. The van der Waals surface area contributed by atoms with Crippen LogP contribution < -0.4 is 5.32 Å². The third-order valence-electron chi connectivity index (χ3n) is 2.78. The number of nitrogens with one attached hydrogen (secondary N) is 1. The van der Waals surface area contributed by atoms with Crippen LogP contribution in [0.15, 0.2) is 23.1 Å². The van der Waals surface area contributed by atoms with Gasteiger partial charge in [0, 0.05) is 21.2 Å². The molecule has 2 rings (SSSR count). The number of thioether (sulfide) groups is 1. The van der Waals surface area contributed by atoms with Crippen molar-refractivity contribution in [3.63, 3.8) is 0 Å². The molecule has 2 atom stereocenters. The smallest absolute Gasteiger partial charge is 0.0455 e. The van der Waals surface area contributed by atoms with Crippen molar-refractivity contribution in [1.29, 1.82) is 0 Å². The van der Waals surface area contributed by atoms with E-state index < -0.39 is 0 Å². The SMILES string of the molecule is CCNC1c2cc(Cl)ccc2SC1CC. The number of hydrogen-bond donors (Lipinski definition) is 1. The van der Waals surface area contributed by atoms with E-state index in [0.717, 1.165) is 11.6 Å². The Kier molecular flexibility index (Phi) is 3.60. The normalized spacial score (nSPS) is 24.2. The second kappa shape index (κ2) is 4.77. The third kappa shape index (κ3) is 2.17. The van der Waals surface area contributed by atoms with Crippen molar-refractivity contribution in [1.82, 2.24) is 5.32 Å². The van der Waals surface area contributed by atoms with Crippen LogP contribution in [0, 0.1) is 0 Å². The summed E-state index contributed by atoms with van der Waals surface area (Å²) in [5.74, 6) is 0. The molecular formula is C12H16ClNS. The van der Waals surface area contributed by atoms with E-state index in [1.165, 1.54) is 16.9 Å². The summed E-state index contributed by atoms with van der Waals surface area (Å²) in [7, 11) is 0. The fourth-order valence-corrected chi connectivity index (χ4v) is 3.60. The first-order chi connectivity index (χ1) is 7.26. The zero-order valence-electron chi connectivity index (χ0n) is 9.09. The molecule has 0 aliphatic carbocycles. The molecule has 2 unspecified atom stereocenters. The van der Waals surface area contributed by atoms with E-state index in [-0.39, 0.29) is 0 Å². The Morgan fingerprint density at radius 3 is 2.87 bits per heavy atom. The van der Waals surface area contributed by atoms with Crippen molar-refractivity contribution in [2.45, 2.75) is 36.5 Å². The van der Waals surface area contributed by atoms with E-state index in [9.17, 15) is 0 Å². The monoisotopic (exact) mass is 241 g/mol. The van der Waals surface area contributed by atoms with E-state index in [0.29, 0.717) is 11.3 Å². The molecule has 1 heterocycles. The summed E-state index contributed by atoms with van der Waals surface area (Å²) < 4.78 is 0. The molecule has 1 nitrogen and oxygen atoms in total. The minimum Gasteiger partial charge on any atom is -0.309 e. The second-order valence-corrected chi connectivity index (χ2v) is 5.50. The zero-order chi connectivity index (χ0) is 10.8. The summed E-state index contributed by atoms with van der Waals surface area (Å²) in [5.41, 5.74) is 1.38. The highest BCUT2D eigenvalue weighted by molar-refractivity contribution is 8.00. The molecule has 0 saturated carbocycles. The van der Waals surface area contributed by atoms with Gasteiger partial charge in [0.15, 0.2) is 0 Å². The third-order valence-corrected chi connectivity index (χ3v) is 4.55. The minimum atomic E-state index is 0.471. The van der Waals surface area contributed by atoms with Crippen LogP contribution in [0.4, 0.5) is 0 Å². The van der Waals surface area contributed by atoms with Crippen LogP contribution in [-0.4, -0.2) is 11.8 Å². The highest BCUT2D eigenvalue weighted by atomic mass is 35.5. The first-order valence-electron chi connectivity index (χ1n) is 5.45. The van der Waals surface area contributed by atoms with Crippen molar-refractivity contribution in [2.75, 3.05) is 6.54 Å². The number of fused-ring (bicyclic) bond motifs is 1. The van der Waals surface area contributed by atoms with Crippen LogP contribution in [0.2, 0.25) is 5.02 Å². The van der Waals surface area contributed by atoms with Crippen LogP contribution in [0.25, 0.3) is 0 Å². The van der Waals surface area contributed by atoms with Crippen molar-refractivity contribution in [2.24, 2.45) is 0 Å². The van der Waals surface area contributed by atoms with Crippen molar-refractivity contribution < 1.29 is 0 Å². The first-order valence-corrected chi connectivity index (χ1v) is 6.71.